The molecule has 2 heterocycles. The first-order valence-electron chi connectivity index (χ1n) is 10.5. The molecule has 8 heteroatoms. The van der Waals surface area contributed by atoms with Crippen LogP contribution in [0.15, 0.2) is 55.0 Å². The van der Waals surface area contributed by atoms with Crippen LogP contribution in [0.4, 0.5) is 16.0 Å². The lowest BCUT2D eigenvalue weighted by molar-refractivity contribution is 0.433. The highest BCUT2D eigenvalue weighted by molar-refractivity contribution is 6.09. The van der Waals surface area contributed by atoms with E-state index in [1.165, 1.54) is 34.2 Å². The number of fused-ring (bicyclic) bond motifs is 2. The van der Waals surface area contributed by atoms with Gasteiger partial charge in [-0.15, -0.1) is 0 Å². The molecule has 2 aromatic heterocycles. The number of nitrogens with one attached hydrogen (secondary N) is 2. The lowest BCUT2D eigenvalue weighted by atomic mass is 9.84. The summed E-state index contributed by atoms with van der Waals surface area (Å²) in [5.74, 6) is -0.0421. The molecule has 1 atom stereocenters. The predicted octanol–water partition coefficient (Wildman–Crippen LogP) is 3.95. The number of phenolic OH excluding ortho intramolecular Hbond substituents is 1. The van der Waals surface area contributed by atoms with E-state index < -0.39 is 11.6 Å². The Balaban J connectivity index is 1.41. The Bertz CT molecular complexity index is 1330. The van der Waals surface area contributed by atoms with E-state index in [9.17, 15) is 9.50 Å². The zero-order valence-electron chi connectivity index (χ0n) is 17.3. The Morgan fingerprint density at radius 3 is 2.88 bits per heavy atom. The SMILES string of the molecule is N=C(c1c(N)ncnc1NCC1CCc2ccccc2C1)n1ccc2cc(F)c(O)cc21. The Morgan fingerprint density at radius 1 is 1.22 bits per heavy atom. The molecule has 5 rings (SSSR count). The molecule has 1 aliphatic rings. The second kappa shape index (κ2) is 7.96. The number of aryl methyl sites for hydroxylation is 1. The van der Waals surface area contributed by atoms with E-state index in [2.05, 4.69) is 39.6 Å². The minimum absolute atomic E-state index is 0.0422. The molecular formula is C24H23FN6O. The Labute approximate surface area is 184 Å². The number of nitrogen functional groups attached to an aromatic ring is 1. The van der Waals surface area contributed by atoms with Gasteiger partial charge in [0.15, 0.2) is 11.6 Å². The summed E-state index contributed by atoms with van der Waals surface area (Å²) in [6.07, 6.45) is 6.13. The van der Waals surface area contributed by atoms with Crippen LogP contribution >= 0.6 is 0 Å². The average Bonchev–Trinajstić information content (AvgIpc) is 3.20. The van der Waals surface area contributed by atoms with E-state index in [0.29, 0.717) is 34.7 Å². The smallest absolute Gasteiger partial charge is 0.165 e. The molecule has 0 saturated heterocycles. The van der Waals surface area contributed by atoms with Crippen LogP contribution in [0.25, 0.3) is 10.9 Å². The molecule has 0 radical (unpaired) electrons. The molecule has 0 amide bonds. The Kier molecular flexibility index (Phi) is 4.97. The average molecular weight is 430 g/mol. The third kappa shape index (κ3) is 3.53. The summed E-state index contributed by atoms with van der Waals surface area (Å²) in [6, 6.07) is 12.7. The van der Waals surface area contributed by atoms with Gasteiger partial charge in [0.05, 0.1) is 5.52 Å². The maximum atomic E-state index is 13.7. The van der Waals surface area contributed by atoms with Gasteiger partial charge in [0.2, 0.25) is 0 Å². The molecule has 0 bridgehead atoms. The molecular weight excluding hydrogens is 407 g/mol. The molecule has 0 fully saturated rings. The summed E-state index contributed by atoms with van der Waals surface area (Å²) in [6.45, 7) is 0.698. The number of benzene rings is 2. The van der Waals surface area contributed by atoms with E-state index >= 15 is 0 Å². The predicted molar refractivity (Wildman–Crippen MR) is 123 cm³/mol. The Morgan fingerprint density at radius 2 is 2.03 bits per heavy atom. The van der Waals surface area contributed by atoms with Gasteiger partial charge in [-0.2, -0.15) is 0 Å². The molecule has 162 valence electrons. The molecule has 2 aromatic carbocycles. The minimum atomic E-state index is -0.708. The van der Waals surface area contributed by atoms with E-state index in [0.717, 1.165) is 19.3 Å². The Hall–Kier alpha value is -3.94. The number of nitrogens with two attached hydrogens (primary N) is 1. The van der Waals surface area contributed by atoms with Gasteiger partial charge >= 0.3 is 0 Å². The fourth-order valence-corrected chi connectivity index (χ4v) is 4.41. The van der Waals surface area contributed by atoms with Gasteiger partial charge < -0.3 is 20.7 Å². The molecule has 1 aliphatic carbocycles. The summed E-state index contributed by atoms with van der Waals surface area (Å²) in [5.41, 5.74) is 9.80. The third-order valence-electron chi connectivity index (χ3n) is 6.12. The highest BCUT2D eigenvalue weighted by atomic mass is 19.1. The minimum Gasteiger partial charge on any atom is -0.505 e. The van der Waals surface area contributed by atoms with E-state index in [1.807, 2.05) is 0 Å². The first-order chi connectivity index (χ1) is 15.5. The molecule has 4 aromatic rings. The summed E-state index contributed by atoms with van der Waals surface area (Å²) in [7, 11) is 0. The zero-order chi connectivity index (χ0) is 22.2. The number of hydrogen-bond acceptors (Lipinski definition) is 6. The number of halogens is 1. The number of nitrogens with zero attached hydrogens (tertiary/aromatic N) is 3. The molecule has 7 nitrogen and oxygen atoms in total. The summed E-state index contributed by atoms with van der Waals surface area (Å²) >= 11 is 0. The van der Waals surface area contributed by atoms with Crippen LogP contribution in [0.5, 0.6) is 5.75 Å². The molecule has 0 spiro atoms. The number of aromatic nitrogens is 3. The van der Waals surface area contributed by atoms with Crippen molar-refractivity contribution >= 4 is 28.4 Å². The second-order valence-corrected chi connectivity index (χ2v) is 8.14. The number of hydrogen-bond donors (Lipinski definition) is 4. The van der Waals surface area contributed by atoms with Gasteiger partial charge in [0.25, 0.3) is 0 Å². The van der Waals surface area contributed by atoms with Crippen molar-refractivity contribution in [1.29, 1.82) is 5.41 Å². The van der Waals surface area contributed by atoms with Crippen LogP contribution in [0.1, 0.15) is 23.1 Å². The maximum absolute atomic E-state index is 13.7. The van der Waals surface area contributed by atoms with Gasteiger partial charge in [-0.1, -0.05) is 24.3 Å². The van der Waals surface area contributed by atoms with Crippen molar-refractivity contribution in [3.8, 4) is 5.75 Å². The number of rotatable bonds is 4. The fraction of sp³-hybridized carbons (Fsp3) is 0.208. The second-order valence-electron chi connectivity index (χ2n) is 8.14. The number of aromatic hydroxyl groups is 1. The number of phenols is 1. The third-order valence-corrected chi connectivity index (χ3v) is 6.12. The standard InChI is InChI=1S/C24H23FN6O/c25-18-10-17-7-8-31(19(17)11-20(18)32)23(27)21-22(26)29-13-30-24(21)28-12-14-5-6-15-3-1-2-4-16(15)9-14/h1-4,7-8,10-11,13-14,27,32H,5-6,9,12H2,(H3,26,28,29,30). The van der Waals surface area contributed by atoms with Gasteiger partial charge in [-0.3, -0.25) is 5.41 Å². The molecule has 0 aliphatic heterocycles. The van der Waals surface area contributed by atoms with E-state index in [-0.39, 0.29) is 11.7 Å². The highest BCUT2D eigenvalue weighted by Crippen LogP contribution is 2.29. The van der Waals surface area contributed by atoms with Crippen LogP contribution in [0, 0.1) is 17.1 Å². The fourth-order valence-electron chi connectivity index (χ4n) is 4.41. The number of anilines is 2. The van der Waals surface area contributed by atoms with Gasteiger partial charge in [0, 0.05) is 24.2 Å². The van der Waals surface area contributed by atoms with Crippen LogP contribution < -0.4 is 11.1 Å². The van der Waals surface area contributed by atoms with E-state index in [4.69, 9.17) is 11.1 Å². The van der Waals surface area contributed by atoms with Crippen LogP contribution in [0.2, 0.25) is 0 Å². The van der Waals surface area contributed by atoms with Crippen molar-refractivity contribution in [3.05, 3.63) is 77.5 Å². The maximum Gasteiger partial charge on any atom is 0.165 e. The van der Waals surface area contributed by atoms with Crippen molar-refractivity contribution in [1.82, 2.24) is 14.5 Å². The van der Waals surface area contributed by atoms with Crippen LogP contribution in [-0.2, 0) is 12.8 Å². The molecule has 1 unspecified atom stereocenters. The summed E-state index contributed by atoms with van der Waals surface area (Å²) in [4.78, 5) is 8.42. The molecule has 5 N–H and O–H groups in total. The van der Waals surface area contributed by atoms with Crippen molar-refractivity contribution in [2.75, 3.05) is 17.6 Å². The molecule has 32 heavy (non-hydrogen) atoms. The van der Waals surface area contributed by atoms with Gasteiger partial charge in [0.1, 0.15) is 29.4 Å². The zero-order valence-corrected chi connectivity index (χ0v) is 17.3. The first kappa shape index (κ1) is 20.0. The van der Waals surface area contributed by atoms with Crippen LogP contribution in [-0.4, -0.2) is 32.0 Å². The molecule has 0 saturated carbocycles. The lowest BCUT2D eigenvalue weighted by Gasteiger charge is -2.25. The van der Waals surface area contributed by atoms with Crippen molar-refractivity contribution in [3.63, 3.8) is 0 Å². The van der Waals surface area contributed by atoms with Crippen molar-refractivity contribution in [2.24, 2.45) is 5.92 Å². The van der Waals surface area contributed by atoms with Crippen molar-refractivity contribution < 1.29 is 9.50 Å². The lowest BCUT2D eigenvalue weighted by Crippen LogP contribution is -2.24. The quantitative estimate of drug-likeness (QED) is 0.289. The summed E-state index contributed by atoms with van der Waals surface area (Å²) in [5, 5.41) is 22.5. The highest BCUT2D eigenvalue weighted by Gasteiger charge is 2.21. The van der Waals surface area contributed by atoms with Gasteiger partial charge in [-0.25, -0.2) is 14.4 Å². The van der Waals surface area contributed by atoms with Crippen LogP contribution in [0.3, 0.4) is 0 Å². The normalized spacial score (nSPS) is 15.5. The summed E-state index contributed by atoms with van der Waals surface area (Å²) < 4.78 is 15.3. The van der Waals surface area contributed by atoms with Gasteiger partial charge in [-0.05, 0) is 48.4 Å². The van der Waals surface area contributed by atoms with Crippen molar-refractivity contribution in [2.45, 2.75) is 19.3 Å². The monoisotopic (exact) mass is 430 g/mol. The largest absolute Gasteiger partial charge is 0.505 e. The van der Waals surface area contributed by atoms with E-state index in [1.54, 1.807) is 12.3 Å². The topological polar surface area (TPSA) is 113 Å². The first-order valence-corrected chi connectivity index (χ1v) is 10.5.